The lowest BCUT2D eigenvalue weighted by Crippen LogP contribution is -2.07. The van der Waals surface area contributed by atoms with Gasteiger partial charge in [0.1, 0.15) is 6.33 Å². The minimum absolute atomic E-state index is 0.0187. The third-order valence-corrected chi connectivity index (χ3v) is 2.91. The number of carbonyl (C=O) groups is 1. The van der Waals surface area contributed by atoms with E-state index < -0.39 is 5.97 Å². The topological polar surface area (TPSA) is 83.0 Å². The van der Waals surface area contributed by atoms with Gasteiger partial charge in [-0.1, -0.05) is 17.7 Å². The molecule has 0 amide bonds. The first-order valence-corrected chi connectivity index (χ1v) is 5.96. The van der Waals surface area contributed by atoms with E-state index in [0.29, 0.717) is 10.7 Å². The Morgan fingerprint density at radius 1 is 1.53 bits per heavy atom. The van der Waals surface area contributed by atoms with E-state index in [1.807, 2.05) is 13.0 Å². The summed E-state index contributed by atoms with van der Waals surface area (Å²) in [6.45, 7) is 1.87. The zero-order chi connectivity index (χ0) is 14.0. The third-order valence-electron chi connectivity index (χ3n) is 2.60. The van der Waals surface area contributed by atoms with Crippen LogP contribution in [0.3, 0.4) is 0 Å². The summed E-state index contributed by atoms with van der Waals surface area (Å²) in [5.74, 6) is -0.614. The molecule has 0 aliphatic carbocycles. The number of esters is 1. The molecule has 2 aromatic rings. The summed E-state index contributed by atoms with van der Waals surface area (Å²) in [6, 6.07) is 5.29. The van der Waals surface area contributed by atoms with E-state index in [0.717, 1.165) is 5.56 Å². The molecule has 6 nitrogen and oxygen atoms in total. The van der Waals surface area contributed by atoms with Gasteiger partial charge in [-0.05, 0) is 24.6 Å². The smallest absolute Gasteiger partial charge is 0.377 e. The molecule has 2 rings (SSSR count). The van der Waals surface area contributed by atoms with E-state index in [9.17, 15) is 4.79 Å². The fourth-order valence-electron chi connectivity index (χ4n) is 1.56. The molecule has 0 saturated carbocycles. The zero-order valence-electron chi connectivity index (χ0n) is 10.5. The first kappa shape index (κ1) is 13.5. The molecule has 2 N–H and O–H groups in total. The lowest BCUT2D eigenvalue weighted by atomic mass is 10.1. The average Bonchev–Trinajstić information content (AvgIpc) is 2.87. The van der Waals surface area contributed by atoms with Crippen molar-refractivity contribution in [3.8, 4) is 5.69 Å². The highest BCUT2D eigenvalue weighted by atomic mass is 35.5. The van der Waals surface area contributed by atoms with E-state index in [2.05, 4.69) is 14.8 Å². The van der Waals surface area contributed by atoms with Crippen LogP contribution < -0.4 is 5.73 Å². The van der Waals surface area contributed by atoms with Gasteiger partial charge in [0.2, 0.25) is 0 Å². The van der Waals surface area contributed by atoms with Gasteiger partial charge >= 0.3 is 5.97 Å². The molecule has 1 aromatic carbocycles. The van der Waals surface area contributed by atoms with Crippen molar-refractivity contribution in [3.05, 3.63) is 40.9 Å². The second-order valence-corrected chi connectivity index (χ2v) is 4.41. The first-order chi connectivity index (χ1) is 9.02. The molecule has 1 aromatic heterocycles. The Bertz CT molecular complexity index is 610. The standard InChI is InChI=1S/C12H13ClN4O2/c1-7(14)8-3-4-10(9(13)5-8)17-6-15-11(16-17)12(18)19-2/h3-7H,14H2,1-2H3/t7-/m0/s1. The number of carbonyl (C=O) groups excluding carboxylic acids is 1. The second kappa shape index (κ2) is 5.38. The lowest BCUT2D eigenvalue weighted by molar-refractivity contribution is 0.0587. The summed E-state index contributed by atoms with van der Waals surface area (Å²) >= 11 is 6.17. The van der Waals surface area contributed by atoms with E-state index in [1.54, 1.807) is 12.1 Å². The monoisotopic (exact) mass is 280 g/mol. The summed E-state index contributed by atoms with van der Waals surface area (Å²) in [7, 11) is 1.27. The van der Waals surface area contributed by atoms with Gasteiger partial charge in [0.15, 0.2) is 0 Å². The van der Waals surface area contributed by atoms with Crippen LogP contribution in [0.1, 0.15) is 29.1 Å². The Balaban J connectivity index is 2.37. The van der Waals surface area contributed by atoms with Crippen LogP contribution in [-0.4, -0.2) is 27.8 Å². The highest BCUT2D eigenvalue weighted by Crippen LogP contribution is 2.23. The predicted molar refractivity (Wildman–Crippen MR) is 70.3 cm³/mol. The molecule has 19 heavy (non-hydrogen) atoms. The molecule has 1 atom stereocenters. The van der Waals surface area contributed by atoms with Gasteiger partial charge in [-0.25, -0.2) is 14.5 Å². The van der Waals surface area contributed by atoms with Crippen LogP contribution in [0.25, 0.3) is 5.69 Å². The van der Waals surface area contributed by atoms with E-state index >= 15 is 0 Å². The number of benzene rings is 1. The van der Waals surface area contributed by atoms with Crippen molar-refractivity contribution in [1.82, 2.24) is 14.8 Å². The molecule has 0 spiro atoms. The maximum Gasteiger partial charge on any atom is 0.377 e. The average molecular weight is 281 g/mol. The fraction of sp³-hybridized carbons (Fsp3) is 0.250. The molecular formula is C12H13ClN4O2. The molecule has 0 bridgehead atoms. The fourth-order valence-corrected chi connectivity index (χ4v) is 1.83. The van der Waals surface area contributed by atoms with Gasteiger partial charge in [0, 0.05) is 6.04 Å². The Kier molecular flexibility index (Phi) is 3.82. The highest BCUT2D eigenvalue weighted by molar-refractivity contribution is 6.32. The lowest BCUT2D eigenvalue weighted by Gasteiger charge is -2.09. The number of methoxy groups -OCH3 is 1. The van der Waals surface area contributed by atoms with Gasteiger partial charge in [-0.2, -0.15) is 0 Å². The summed E-state index contributed by atoms with van der Waals surface area (Å²) in [6.07, 6.45) is 1.40. The Morgan fingerprint density at radius 3 is 2.84 bits per heavy atom. The van der Waals surface area contributed by atoms with E-state index in [-0.39, 0.29) is 11.9 Å². The molecular weight excluding hydrogens is 268 g/mol. The normalized spacial score (nSPS) is 12.2. The van der Waals surface area contributed by atoms with Crippen molar-refractivity contribution in [2.75, 3.05) is 7.11 Å². The Labute approximate surface area is 115 Å². The van der Waals surface area contributed by atoms with Crippen molar-refractivity contribution in [1.29, 1.82) is 0 Å². The number of halogens is 1. The molecule has 0 unspecified atom stereocenters. The molecule has 7 heteroatoms. The quantitative estimate of drug-likeness (QED) is 0.866. The van der Waals surface area contributed by atoms with Crippen LogP contribution >= 0.6 is 11.6 Å². The van der Waals surface area contributed by atoms with Crippen LogP contribution in [0.5, 0.6) is 0 Å². The van der Waals surface area contributed by atoms with E-state index in [1.165, 1.54) is 18.1 Å². The maximum atomic E-state index is 11.3. The third kappa shape index (κ3) is 2.74. The molecule has 0 aliphatic rings. The molecule has 0 fully saturated rings. The number of nitrogens with zero attached hydrogens (tertiary/aromatic N) is 3. The van der Waals surface area contributed by atoms with Gasteiger partial charge in [-0.3, -0.25) is 0 Å². The SMILES string of the molecule is COC(=O)c1ncn(-c2ccc([C@H](C)N)cc2Cl)n1. The Morgan fingerprint density at radius 2 is 2.26 bits per heavy atom. The van der Waals surface area contributed by atoms with E-state index in [4.69, 9.17) is 17.3 Å². The number of ether oxygens (including phenoxy) is 1. The number of aromatic nitrogens is 3. The number of rotatable bonds is 3. The molecule has 0 saturated heterocycles. The largest absolute Gasteiger partial charge is 0.463 e. The van der Waals surface area contributed by atoms with Gasteiger partial charge < -0.3 is 10.5 Å². The second-order valence-electron chi connectivity index (χ2n) is 4.00. The van der Waals surface area contributed by atoms with Crippen LogP contribution in [0, 0.1) is 0 Å². The zero-order valence-corrected chi connectivity index (χ0v) is 11.3. The molecule has 0 aliphatic heterocycles. The molecule has 100 valence electrons. The van der Waals surface area contributed by atoms with Crippen LogP contribution in [0.15, 0.2) is 24.5 Å². The van der Waals surface area contributed by atoms with Crippen LogP contribution in [0.2, 0.25) is 5.02 Å². The number of nitrogens with two attached hydrogens (primary N) is 1. The minimum Gasteiger partial charge on any atom is -0.463 e. The van der Waals surface area contributed by atoms with Crippen molar-refractivity contribution in [2.45, 2.75) is 13.0 Å². The number of hydrogen-bond acceptors (Lipinski definition) is 5. The van der Waals surface area contributed by atoms with Crippen molar-refractivity contribution in [2.24, 2.45) is 5.73 Å². The summed E-state index contributed by atoms with van der Waals surface area (Å²) in [4.78, 5) is 15.1. The maximum absolute atomic E-state index is 11.3. The van der Waals surface area contributed by atoms with Crippen molar-refractivity contribution >= 4 is 17.6 Å². The highest BCUT2D eigenvalue weighted by Gasteiger charge is 2.13. The summed E-state index contributed by atoms with van der Waals surface area (Å²) < 4.78 is 5.96. The van der Waals surface area contributed by atoms with Gasteiger partial charge in [0.05, 0.1) is 17.8 Å². The molecule has 0 radical (unpaired) electrons. The van der Waals surface area contributed by atoms with Crippen molar-refractivity contribution in [3.63, 3.8) is 0 Å². The minimum atomic E-state index is -0.595. The van der Waals surface area contributed by atoms with Crippen LogP contribution in [0.4, 0.5) is 0 Å². The van der Waals surface area contributed by atoms with Crippen molar-refractivity contribution < 1.29 is 9.53 Å². The Hall–Kier alpha value is -1.92. The number of hydrogen-bond donors (Lipinski definition) is 1. The first-order valence-electron chi connectivity index (χ1n) is 5.58. The van der Waals surface area contributed by atoms with Gasteiger partial charge in [-0.15, -0.1) is 5.10 Å². The molecule has 1 heterocycles. The summed E-state index contributed by atoms with van der Waals surface area (Å²) in [5.41, 5.74) is 7.32. The van der Waals surface area contributed by atoms with Gasteiger partial charge in [0.25, 0.3) is 5.82 Å². The summed E-state index contributed by atoms with van der Waals surface area (Å²) in [5, 5.41) is 4.48. The van der Waals surface area contributed by atoms with Crippen LogP contribution in [-0.2, 0) is 4.74 Å². The predicted octanol–water partition coefficient (Wildman–Crippen LogP) is 1.73.